The van der Waals surface area contributed by atoms with Crippen LogP contribution >= 0.6 is 0 Å². The minimum Gasteiger partial charge on any atom is -0.393 e. The second kappa shape index (κ2) is 8.66. The van der Waals surface area contributed by atoms with Crippen LogP contribution in [0.3, 0.4) is 0 Å². The summed E-state index contributed by atoms with van der Waals surface area (Å²) < 4.78 is 0. The average molecular weight is 427 g/mol. The number of aliphatic hydroxyl groups is 1. The molecule has 0 aromatic heterocycles. The Hall–Kier alpha value is -0.560. The van der Waals surface area contributed by atoms with Gasteiger partial charge in [0.25, 0.3) is 0 Å². The number of fused-ring (bicyclic) bond motifs is 5. The zero-order valence-corrected chi connectivity index (χ0v) is 21.6. The maximum Gasteiger partial charge on any atom is 0.0577 e. The summed E-state index contributed by atoms with van der Waals surface area (Å²) in [6.07, 6.45) is 15.5. The minimum absolute atomic E-state index is 0.0852. The quantitative estimate of drug-likeness (QED) is 0.438. The summed E-state index contributed by atoms with van der Waals surface area (Å²) in [6.45, 7) is 17.2. The fourth-order valence-electron chi connectivity index (χ4n) is 9.32. The SMILES string of the molecule is CC(C)=C(CC[C@@H](C)[C@H]1CC[C@H]2C3CC=C4C[C@@H](O)CC[C@]4(C)C3CC[C@]12C)C(C)C. The molecule has 0 aromatic rings. The lowest BCUT2D eigenvalue weighted by molar-refractivity contribution is -0.0571. The van der Waals surface area contributed by atoms with Gasteiger partial charge in [0.2, 0.25) is 0 Å². The standard InChI is InChI=1S/C30H50O/c1-19(2)24(20(3)4)10-8-21(5)26-12-13-27-25-11-9-22-18-23(31)14-16-29(22,6)28(25)15-17-30(26,27)7/h9,19,21,23,25-28,31H,8,10-18H2,1-7H3/t21-,23+,25?,26-,27+,28?,29+,30-/m1/s1. The largest absolute Gasteiger partial charge is 0.393 e. The van der Waals surface area contributed by atoms with Gasteiger partial charge in [0.1, 0.15) is 0 Å². The van der Waals surface area contributed by atoms with Crippen molar-refractivity contribution in [3.8, 4) is 0 Å². The Bertz CT molecular complexity index is 725. The average Bonchev–Trinajstić information content (AvgIpc) is 3.05. The molecule has 0 saturated heterocycles. The fraction of sp³-hybridized carbons (Fsp3) is 0.867. The maximum absolute atomic E-state index is 10.3. The van der Waals surface area contributed by atoms with E-state index >= 15 is 0 Å². The predicted molar refractivity (Wildman–Crippen MR) is 133 cm³/mol. The highest BCUT2D eigenvalue weighted by Crippen LogP contribution is 2.67. The fourth-order valence-corrected chi connectivity index (χ4v) is 9.32. The van der Waals surface area contributed by atoms with Crippen molar-refractivity contribution in [2.45, 2.75) is 119 Å². The second-order valence-corrected chi connectivity index (χ2v) is 13.1. The molecule has 0 heterocycles. The van der Waals surface area contributed by atoms with Crippen molar-refractivity contribution in [3.63, 3.8) is 0 Å². The van der Waals surface area contributed by atoms with Crippen LogP contribution in [0.1, 0.15) is 113 Å². The molecule has 0 spiro atoms. The maximum atomic E-state index is 10.3. The van der Waals surface area contributed by atoms with Gasteiger partial charge in [-0.15, -0.1) is 0 Å². The minimum atomic E-state index is -0.0852. The Morgan fingerprint density at radius 2 is 1.77 bits per heavy atom. The molecule has 3 fully saturated rings. The summed E-state index contributed by atoms with van der Waals surface area (Å²) in [5.74, 6) is 5.13. The third-order valence-corrected chi connectivity index (χ3v) is 11.0. The topological polar surface area (TPSA) is 20.2 Å². The first-order valence-electron chi connectivity index (χ1n) is 13.6. The van der Waals surface area contributed by atoms with E-state index in [0.717, 1.165) is 42.4 Å². The summed E-state index contributed by atoms with van der Waals surface area (Å²) >= 11 is 0. The lowest BCUT2D eigenvalue weighted by Gasteiger charge is -2.58. The van der Waals surface area contributed by atoms with Gasteiger partial charge in [-0.1, -0.05) is 57.4 Å². The number of aliphatic hydroxyl groups excluding tert-OH is 1. The molecule has 4 aliphatic carbocycles. The van der Waals surface area contributed by atoms with Crippen LogP contribution in [-0.2, 0) is 0 Å². The monoisotopic (exact) mass is 426 g/mol. The van der Waals surface area contributed by atoms with Crippen LogP contribution in [0.25, 0.3) is 0 Å². The highest BCUT2D eigenvalue weighted by Gasteiger charge is 2.59. The van der Waals surface area contributed by atoms with E-state index in [1.165, 1.54) is 51.4 Å². The van der Waals surface area contributed by atoms with Gasteiger partial charge in [0.15, 0.2) is 0 Å². The third kappa shape index (κ3) is 4.00. The number of rotatable bonds is 5. The van der Waals surface area contributed by atoms with Crippen molar-refractivity contribution >= 4 is 0 Å². The molecule has 176 valence electrons. The molecule has 0 bridgehead atoms. The molecule has 31 heavy (non-hydrogen) atoms. The van der Waals surface area contributed by atoms with Crippen molar-refractivity contribution < 1.29 is 5.11 Å². The molecule has 1 nitrogen and oxygen atoms in total. The van der Waals surface area contributed by atoms with Crippen LogP contribution in [0.4, 0.5) is 0 Å². The molecular weight excluding hydrogens is 376 g/mol. The van der Waals surface area contributed by atoms with E-state index < -0.39 is 0 Å². The highest BCUT2D eigenvalue weighted by atomic mass is 16.3. The van der Waals surface area contributed by atoms with Crippen molar-refractivity contribution in [2.24, 2.45) is 46.3 Å². The molecular formula is C30H50O. The number of hydrogen-bond acceptors (Lipinski definition) is 1. The van der Waals surface area contributed by atoms with Gasteiger partial charge in [-0.05, 0) is 124 Å². The zero-order valence-electron chi connectivity index (χ0n) is 21.6. The van der Waals surface area contributed by atoms with Crippen molar-refractivity contribution in [2.75, 3.05) is 0 Å². The van der Waals surface area contributed by atoms with Crippen LogP contribution in [0, 0.1) is 46.3 Å². The van der Waals surface area contributed by atoms with Crippen molar-refractivity contribution in [3.05, 3.63) is 22.8 Å². The van der Waals surface area contributed by atoms with Gasteiger partial charge >= 0.3 is 0 Å². The predicted octanol–water partition coefficient (Wildman–Crippen LogP) is 8.34. The van der Waals surface area contributed by atoms with Crippen molar-refractivity contribution in [1.29, 1.82) is 0 Å². The van der Waals surface area contributed by atoms with Crippen molar-refractivity contribution in [1.82, 2.24) is 0 Å². The van der Waals surface area contributed by atoms with E-state index in [0.29, 0.717) is 16.7 Å². The van der Waals surface area contributed by atoms with E-state index in [1.807, 2.05) is 0 Å². The first-order valence-corrected chi connectivity index (χ1v) is 13.6. The number of hydrogen-bond donors (Lipinski definition) is 1. The van der Waals surface area contributed by atoms with Gasteiger partial charge in [-0.3, -0.25) is 0 Å². The van der Waals surface area contributed by atoms with Crippen LogP contribution in [-0.4, -0.2) is 11.2 Å². The molecule has 0 aliphatic heterocycles. The van der Waals surface area contributed by atoms with E-state index in [1.54, 1.807) is 16.7 Å². The summed E-state index contributed by atoms with van der Waals surface area (Å²) in [7, 11) is 0. The van der Waals surface area contributed by atoms with Crippen LogP contribution in [0.15, 0.2) is 22.8 Å². The summed E-state index contributed by atoms with van der Waals surface area (Å²) in [4.78, 5) is 0. The third-order valence-electron chi connectivity index (χ3n) is 11.0. The smallest absolute Gasteiger partial charge is 0.0577 e. The summed E-state index contributed by atoms with van der Waals surface area (Å²) in [5, 5.41) is 10.3. The Balaban J connectivity index is 1.49. The normalized spacial score (nSPS) is 43.0. The molecule has 4 aliphatic rings. The lowest BCUT2D eigenvalue weighted by Crippen LogP contribution is -2.50. The molecule has 4 rings (SSSR count). The van der Waals surface area contributed by atoms with E-state index in [-0.39, 0.29) is 6.10 Å². The van der Waals surface area contributed by atoms with Gasteiger partial charge < -0.3 is 5.11 Å². The Kier molecular flexibility index (Phi) is 6.59. The Morgan fingerprint density at radius 3 is 2.45 bits per heavy atom. The molecule has 0 aromatic carbocycles. The molecule has 1 N–H and O–H groups in total. The van der Waals surface area contributed by atoms with Gasteiger partial charge in [0, 0.05) is 0 Å². The molecule has 0 radical (unpaired) electrons. The summed E-state index contributed by atoms with van der Waals surface area (Å²) in [5.41, 5.74) is 5.80. The first kappa shape index (κ1) is 23.6. The van der Waals surface area contributed by atoms with E-state index in [4.69, 9.17) is 0 Å². The summed E-state index contributed by atoms with van der Waals surface area (Å²) in [6, 6.07) is 0. The molecule has 8 atom stereocenters. The lowest BCUT2D eigenvalue weighted by atomic mass is 9.47. The molecule has 1 heteroatoms. The van der Waals surface area contributed by atoms with Gasteiger partial charge in [0.05, 0.1) is 6.10 Å². The Morgan fingerprint density at radius 1 is 1.03 bits per heavy atom. The van der Waals surface area contributed by atoms with E-state index in [2.05, 4.69) is 54.5 Å². The first-order chi connectivity index (χ1) is 14.6. The van der Waals surface area contributed by atoms with Gasteiger partial charge in [-0.25, -0.2) is 0 Å². The molecule has 2 unspecified atom stereocenters. The zero-order chi connectivity index (χ0) is 22.6. The molecule has 0 amide bonds. The van der Waals surface area contributed by atoms with E-state index in [9.17, 15) is 5.11 Å². The highest BCUT2D eigenvalue weighted by molar-refractivity contribution is 5.25. The Labute approximate surface area is 193 Å². The van der Waals surface area contributed by atoms with Crippen LogP contribution in [0.5, 0.6) is 0 Å². The molecule has 3 saturated carbocycles. The number of allylic oxidation sites excluding steroid dienone is 3. The van der Waals surface area contributed by atoms with Gasteiger partial charge in [-0.2, -0.15) is 0 Å². The van der Waals surface area contributed by atoms with Crippen LogP contribution < -0.4 is 0 Å². The van der Waals surface area contributed by atoms with Crippen LogP contribution in [0.2, 0.25) is 0 Å². The second-order valence-electron chi connectivity index (χ2n) is 13.1.